The van der Waals surface area contributed by atoms with Crippen molar-refractivity contribution in [3.63, 3.8) is 0 Å². The van der Waals surface area contributed by atoms with E-state index in [1.54, 1.807) is 24.1 Å². The number of aliphatic hydroxyl groups is 1. The topological polar surface area (TPSA) is 64.3 Å². The maximum absolute atomic E-state index is 12.6. The summed E-state index contributed by atoms with van der Waals surface area (Å²) in [5, 5.41) is 9.80. The lowest BCUT2D eigenvalue weighted by Crippen LogP contribution is -2.27. The highest BCUT2D eigenvalue weighted by Crippen LogP contribution is 2.29. The standard InChI is InChI=1S/C17H22N2O3/c1-22-14-6-7-16-15(8-14)17(21)19(11-18-16)9-12-2-4-13(10-20)5-3-12/h6-8,11-13,20H,2-5,9-10H2,1H3. The Balaban J connectivity index is 1.82. The Labute approximate surface area is 129 Å². The molecule has 3 rings (SSSR count). The smallest absolute Gasteiger partial charge is 0.261 e. The highest BCUT2D eigenvalue weighted by Gasteiger charge is 2.21. The highest BCUT2D eigenvalue weighted by atomic mass is 16.5. The molecule has 5 heteroatoms. The Morgan fingerprint density at radius 3 is 2.68 bits per heavy atom. The maximum atomic E-state index is 12.6. The molecule has 0 radical (unpaired) electrons. The first-order chi connectivity index (χ1) is 10.7. The molecule has 1 aromatic carbocycles. The van der Waals surface area contributed by atoms with Gasteiger partial charge in [-0.2, -0.15) is 0 Å². The minimum atomic E-state index is -0.00631. The number of benzene rings is 1. The van der Waals surface area contributed by atoms with Crippen LogP contribution in [0.3, 0.4) is 0 Å². The quantitative estimate of drug-likeness (QED) is 0.940. The lowest BCUT2D eigenvalue weighted by molar-refractivity contribution is 0.160. The summed E-state index contributed by atoms with van der Waals surface area (Å²) in [6.45, 7) is 0.987. The fourth-order valence-electron chi connectivity index (χ4n) is 3.27. The molecule has 1 fully saturated rings. The van der Waals surface area contributed by atoms with E-state index in [1.807, 2.05) is 12.1 Å². The van der Waals surface area contributed by atoms with Gasteiger partial charge in [-0.15, -0.1) is 0 Å². The Morgan fingerprint density at radius 2 is 2.00 bits per heavy atom. The van der Waals surface area contributed by atoms with Crippen LogP contribution < -0.4 is 10.3 Å². The Morgan fingerprint density at radius 1 is 1.27 bits per heavy atom. The molecule has 0 bridgehead atoms. The summed E-state index contributed by atoms with van der Waals surface area (Å²) in [7, 11) is 1.59. The first kappa shape index (κ1) is 15.0. The number of nitrogens with zero attached hydrogens (tertiary/aromatic N) is 2. The molecule has 0 aliphatic heterocycles. The van der Waals surface area contributed by atoms with Crippen LogP contribution in [-0.2, 0) is 6.54 Å². The number of fused-ring (bicyclic) bond motifs is 1. The van der Waals surface area contributed by atoms with Crippen LogP contribution in [0, 0.1) is 11.8 Å². The molecule has 1 heterocycles. The van der Waals surface area contributed by atoms with Crippen LogP contribution in [0.15, 0.2) is 29.3 Å². The lowest BCUT2D eigenvalue weighted by Gasteiger charge is -2.27. The third kappa shape index (κ3) is 2.99. The zero-order valence-corrected chi connectivity index (χ0v) is 12.9. The number of hydrogen-bond donors (Lipinski definition) is 1. The second kappa shape index (κ2) is 6.48. The van der Waals surface area contributed by atoms with Gasteiger partial charge in [-0.1, -0.05) is 0 Å². The van der Waals surface area contributed by atoms with Crippen molar-refractivity contribution in [2.24, 2.45) is 11.8 Å². The number of hydrogen-bond acceptors (Lipinski definition) is 4. The van der Waals surface area contributed by atoms with Gasteiger partial charge in [0.05, 0.1) is 24.3 Å². The summed E-state index contributed by atoms with van der Waals surface area (Å²) in [6, 6.07) is 5.38. The minimum absolute atomic E-state index is 0.00631. The average Bonchev–Trinajstić information content (AvgIpc) is 2.58. The second-order valence-electron chi connectivity index (χ2n) is 6.15. The molecule has 0 atom stereocenters. The predicted octanol–water partition coefficient (Wildman–Crippen LogP) is 2.20. The molecule has 1 aliphatic carbocycles. The normalized spacial score (nSPS) is 21.9. The molecule has 1 saturated carbocycles. The van der Waals surface area contributed by atoms with E-state index in [-0.39, 0.29) is 12.2 Å². The summed E-state index contributed by atoms with van der Waals surface area (Å²) < 4.78 is 6.91. The van der Waals surface area contributed by atoms with Gasteiger partial charge in [0, 0.05) is 13.2 Å². The molecule has 0 spiro atoms. The fraction of sp³-hybridized carbons (Fsp3) is 0.529. The van der Waals surface area contributed by atoms with Crippen molar-refractivity contribution in [2.45, 2.75) is 32.2 Å². The monoisotopic (exact) mass is 302 g/mol. The molecule has 0 unspecified atom stereocenters. The van der Waals surface area contributed by atoms with Crippen LogP contribution in [-0.4, -0.2) is 28.4 Å². The summed E-state index contributed by atoms with van der Waals surface area (Å²) in [5.74, 6) is 1.60. The second-order valence-corrected chi connectivity index (χ2v) is 6.15. The first-order valence-electron chi connectivity index (χ1n) is 7.85. The minimum Gasteiger partial charge on any atom is -0.497 e. The summed E-state index contributed by atoms with van der Waals surface area (Å²) in [4.78, 5) is 17.0. The molecule has 22 heavy (non-hydrogen) atoms. The largest absolute Gasteiger partial charge is 0.497 e. The van der Waals surface area contributed by atoms with Crippen molar-refractivity contribution < 1.29 is 9.84 Å². The molecule has 2 aromatic rings. The van der Waals surface area contributed by atoms with Gasteiger partial charge in [0.25, 0.3) is 5.56 Å². The molecule has 1 N–H and O–H groups in total. The zero-order chi connectivity index (χ0) is 15.5. The lowest BCUT2D eigenvalue weighted by atomic mass is 9.82. The highest BCUT2D eigenvalue weighted by molar-refractivity contribution is 5.78. The molecule has 5 nitrogen and oxygen atoms in total. The summed E-state index contributed by atoms with van der Waals surface area (Å²) in [5.41, 5.74) is 0.694. The van der Waals surface area contributed by atoms with Gasteiger partial charge in [-0.25, -0.2) is 4.98 Å². The van der Waals surface area contributed by atoms with Crippen LogP contribution in [0.2, 0.25) is 0 Å². The summed E-state index contributed by atoms with van der Waals surface area (Å²) >= 11 is 0. The van der Waals surface area contributed by atoms with Crippen molar-refractivity contribution in [2.75, 3.05) is 13.7 Å². The van der Waals surface area contributed by atoms with E-state index in [0.29, 0.717) is 35.0 Å². The van der Waals surface area contributed by atoms with Crippen LogP contribution in [0.25, 0.3) is 10.9 Å². The van der Waals surface area contributed by atoms with Crippen LogP contribution >= 0.6 is 0 Å². The number of ether oxygens (including phenoxy) is 1. The van der Waals surface area contributed by atoms with Crippen molar-refractivity contribution >= 4 is 10.9 Å². The van der Waals surface area contributed by atoms with E-state index in [0.717, 1.165) is 25.7 Å². The Kier molecular flexibility index (Phi) is 4.43. The van der Waals surface area contributed by atoms with Crippen LogP contribution in [0.5, 0.6) is 5.75 Å². The van der Waals surface area contributed by atoms with Crippen molar-refractivity contribution in [1.82, 2.24) is 9.55 Å². The van der Waals surface area contributed by atoms with Gasteiger partial charge in [0.15, 0.2) is 0 Å². The SMILES string of the molecule is COc1ccc2ncn(CC3CCC(CO)CC3)c(=O)c2c1. The van der Waals surface area contributed by atoms with E-state index in [4.69, 9.17) is 4.74 Å². The van der Waals surface area contributed by atoms with E-state index >= 15 is 0 Å². The van der Waals surface area contributed by atoms with Crippen molar-refractivity contribution in [1.29, 1.82) is 0 Å². The molecule has 1 aliphatic rings. The first-order valence-corrected chi connectivity index (χ1v) is 7.85. The molecular weight excluding hydrogens is 280 g/mol. The van der Waals surface area contributed by atoms with Gasteiger partial charge >= 0.3 is 0 Å². The third-order valence-corrected chi connectivity index (χ3v) is 4.71. The van der Waals surface area contributed by atoms with Crippen LogP contribution in [0.1, 0.15) is 25.7 Å². The molecule has 118 valence electrons. The summed E-state index contributed by atoms with van der Waals surface area (Å²) in [6.07, 6.45) is 5.87. The number of aromatic nitrogens is 2. The predicted molar refractivity (Wildman–Crippen MR) is 85.1 cm³/mol. The zero-order valence-electron chi connectivity index (χ0n) is 12.9. The van der Waals surface area contributed by atoms with E-state index in [1.165, 1.54) is 0 Å². The Bertz CT molecular complexity index is 703. The van der Waals surface area contributed by atoms with E-state index in [9.17, 15) is 9.90 Å². The van der Waals surface area contributed by atoms with E-state index in [2.05, 4.69) is 4.98 Å². The van der Waals surface area contributed by atoms with Gasteiger partial charge in [0.2, 0.25) is 0 Å². The van der Waals surface area contributed by atoms with Gasteiger partial charge in [-0.3, -0.25) is 9.36 Å². The van der Waals surface area contributed by atoms with Gasteiger partial charge in [-0.05, 0) is 55.7 Å². The maximum Gasteiger partial charge on any atom is 0.261 e. The number of aliphatic hydroxyl groups excluding tert-OH is 1. The molecule has 0 saturated heterocycles. The van der Waals surface area contributed by atoms with E-state index < -0.39 is 0 Å². The molecule has 1 aromatic heterocycles. The average molecular weight is 302 g/mol. The number of rotatable bonds is 4. The van der Waals surface area contributed by atoms with Crippen molar-refractivity contribution in [3.05, 3.63) is 34.9 Å². The molecule has 0 amide bonds. The number of methoxy groups -OCH3 is 1. The molecular formula is C17H22N2O3. The Hall–Kier alpha value is -1.88. The fourth-order valence-corrected chi connectivity index (χ4v) is 3.27. The van der Waals surface area contributed by atoms with Gasteiger partial charge < -0.3 is 9.84 Å². The third-order valence-electron chi connectivity index (χ3n) is 4.71. The van der Waals surface area contributed by atoms with Crippen LogP contribution in [0.4, 0.5) is 0 Å². The van der Waals surface area contributed by atoms with Crippen molar-refractivity contribution in [3.8, 4) is 5.75 Å². The van der Waals surface area contributed by atoms with Gasteiger partial charge in [0.1, 0.15) is 5.75 Å².